The number of anilines is 1. The number of unbranched alkanes of at least 4 members (excludes halogenated alkanes) is 1. The monoisotopic (exact) mass is 291 g/mol. The van der Waals surface area contributed by atoms with Crippen LogP contribution in [0, 0.1) is 0 Å². The third kappa shape index (κ3) is 2.98. The second kappa shape index (κ2) is 6.80. The number of imidazole rings is 1. The molecule has 0 amide bonds. The summed E-state index contributed by atoms with van der Waals surface area (Å²) >= 11 is 6.27. The molecule has 1 aromatic heterocycles. The smallest absolute Gasteiger partial charge is 0.131 e. The molecule has 4 heteroatoms. The van der Waals surface area contributed by atoms with Gasteiger partial charge in [0.2, 0.25) is 0 Å². The molecule has 1 aromatic carbocycles. The number of hydrogen-bond acceptors (Lipinski definition) is 2. The first-order chi connectivity index (χ1) is 9.69. The van der Waals surface area contributed by atoms with Crippen LogP contribution in [-0.4, -0.2) is 9.55 Å². The number of hydrogen-bond donors (Lipinski definition) is 1. The van der Waals surface area contributed by atoms with Gasteiger partial charge < -0.3 is 10.3 Å². The SMILES string of the molecule is CCCCn1c(CCC)nc(-c2ccccc2Cl)c1N. The summed E-state index contributed by atoms with van der Waals surface area (Å²) in [5.74, 6) is 1.79. The van der Waals surface area contributed by atoms with Crippen molar-refractivity contribution in [1.29, 1.82) is 0 Å². The molecule has 0 aliphatic heterocycles. The van der Waals surface area contributed by atoms with Gasteiger partial charge in [-0.1, -0.05) is 50.1 Å². The van der Waals surface area contributed by atoms with E-state index in [0.29, 0.717) is 5.02 Å². The lowest BCUT2D eigenvalue weighted by atomic mass is 10.1. The van der Waals surface area contributed by atoms with Gasteiger partial charge in [0.15, 0.2) is 0 Å². The van der Waals surface area contributed by atoms with Gasteiger partial charge in [0.05, 0.1) is 5.02 Å². The number of nitrogens with two attached hydrogens (primary N) is 1. The summed E-state index contributed by atoms with van der Waals surface area (Å²) in [6, 6.07) is 7.73. The summed E-state index contributed by atoms with van der Waals surface area (Å²) in [6.45, 7) is 5.26. The number of benzene rings is 1. The van der Waals surface area contributed by atoms with Gasteiger partial charge in [-0.25, -0.2) is 4.98 Å². The van der Waals surface area contributed by atoms with Crippen molar-refractivity contribution in [3.05, 3.63) is 35.1 Å². The van der Waals surface area contributed by atoms with E-state index < -0.39 is 0 Å². The summed E-state index contributed by atoms with van der Waals surface area (Å²) in [5, 5.41) is 0.697. The molecule has 2 aromatic rings. The number of nitrogens with zero attached hydrogens (tertiary/aromatic N) is 2. The molecule has 0 fully saturated rings. The molecule has 0 unspecified atom stereocenters. The Bertz CT molecular complexity index is 575. The van der Waals surface area contributed by atoms with E-state index in [1.807, 2.05) is 24.3 Å². The van der Waals surface area contributed by atoms with Crippen molar-refractivity contribution in [3.8, 4) is 11.3 Å². The first-order valence-corrected chi connectivity index (χ1v) is 7.66. The second-order valence-electron chi connectivity index (χ2n) is 5.00. The minimum atomic E-state index is 0.697. The Hall–Kier alpha value is -1.48. The highest BCUT2D eigenvalue weighted by atomic mass is 35.5. The number of nitrogen functional groups attached to an aromatic ring is 1. The average molecular weight is 292 g/mol. The van der Waals surface area contributed by atoms with Crippen molar-refractivity contribution in [2.45, 2.75) is 46.1 Å². The fourth-order valence-electron chi connectivity index (χ4n) is 2.35. The summed E-state index contributed by atoms with van der Waals surface area (Å²) in [6.07, 6.45) is 4.26. The molecular formula is C16H22ClN3. The summed E-state index contributed by atoms with van der Waals surface area (Å²) in [7, 11) is 0. The molecule has 0 atom stereocenters. The zero-order valence-corrected chi connectivity index (χ0v) is 13.0. The maximum Gasteiger partial charge on any atom is 0.131 e. The van der Waals surface area contributed by atoms with Crippen molar-refractivity contribution < 1.29 is 0 Å². The molecule has 0 aliphatic carbocycles. The predicted octanol–water partition coefficient (Wildman–Crippen LogP) is 4.54. The maximum atomic E-state index is 6.32. The lowest BCUT2D eigenvalue weighted by Gasteiger charge is -2.08. The molecule has 1 heterocycles. The Morgan fingerprint density at radius 3 is 2.60 bits per heavy atom. The minimum Gasteiger partial charge on any atom is -0.383 e. The highest BCUT2D eigenvalue weighted by Gasteiger charge is 2.16. The first-order valence-electron chi connectivity index (χ1n) is 7.28. The molecule has 3 nitrogen and oxygen atoms in total. The highest BCUT2D eigenvalue weighted by molar-refractivity contribution is 6.33. The highest BCUT2D eigenvalue weighted by Crippen LogP contribution is 2.32. The Morgan fingerprint density at radius 2 is 1.95 bits per heavy atom. The average Bonchev–Trinajstić information content (AvgIpc) is 2.74. The Kier molecular flexibility index (Phi) is 5.07. The normalized spacial score (nSPS) is 10.9. The van der Waals surface area contributed by atoms with E-state index >= 15 is 0 Å². The molecule has 2 N–H and O–H groups in total. The zero-order valence-electron chi connectivity index (χ0n) is 12.2. The maximum absolute atomic E-state index is 6.32. The van der Waals surface area contributed by atoms with Crippen LogP contribution in [0.15, 0.2) is 24.3 Å². The standard InChI is InChI=1S/C16H22ClN3/c1-3-5-11-20-14(8-4-2)19-15(16(20)18)12-9-6-7-10-13(12)17/h6-7,9-10H,3-5,8,11,18H2,1-2H3. The van der Waals surface area contributed by atoms with Gasteiger partial charge in [-0.15, -0.1) is 0 Å². The van der Waals surface area contributed by atoms with Crippen LogP contribution >= 0.6 is 11.6 Å². The Morgan fingerprint density at radius 1 is 1.20 bits per heavy atom. The van der Waals surface area contributed by atoms with E-state index in [-0.39, 0.29) is 0 Å². The number of aryl methyl sites for hydroxylation is 1. The van der Waals surface area contributed by atoms with Crippen molar-refractivity contribution in [2.24, 2.45) is 0 Å². The summed E-state index contributed by atoms with van der Waals surface area (Å²) in [5.41, 5.74) is 8.05. The molecule has 108 valence electrons. The van der Waals surface area contributed by atoms with Gasteiger partial charge in [0.1, 0.15) is 17.3 Å². The minimum absolute atomic E-state index is 0.697. The van der Waals surface area contributed by atoms with Crippen LogP contribution in [0.25, 0.3) is 11.3 Å². The lowest BCUT2D eigenvalue weighted by molar-refractivity contribution is 0.604. The van der Waals surface area contributed by atoms with Crippen LogP contribution in [0.1, 0.15) is 38.9 Å². The van der Waals surface area contributed by atoms with E-state index in [4.69, 9.17) is 22.3 Å². The number of halogens is 1. The Labute approximate surface area is 125 Å². The number of rotatable bonds is 6. The second-order valence-corrected chi connectivity index (χ2v) is 5.40. The van der Waals surface area contributed by atoms with E-state index in [1.165, 1.54) is 0 Å². The van der Waals surface area contributed by atoms with E-state index in [0.717, 1.165) is 55.1 Å². The third-order valence-electron chi connectivity index (χ3n) is 3.42. The molecule has 2 rings (SSSR count). The molecule has 0 spiro atoms. The van der Waals surface area contributed by atoms with Gasteiger partial charge in [-0.3, -0.25) is 0 Å². The van der Waals surface area contributed by atoms with Crippen LogP contribution in [0.4, 0.5) is 5.82 Å². The molecular weight excluding hydrogens is 270 g/mol. The van der Waals surface area contributed by atoms with Gasteiger partial charge in [-0.05, 0) is 18.9 Å². The third-order valence-corrected chi connectivity index (χ3v) is 3.75. The lowest BCUT2D eigenvalue weighted by Crippen LogP contribution is -2.07. The van der Waals surface area contributed by atoms with Crippen LogP contribution < -0.4 is 5.73 Å². The van der Waals surface area contributed by atoms with E-state index in [9.17, 15) is 0 Å². The fraction of sp³-hybridized carbons (Fsp3) is 0.438. The zero-order chi connectivity index (χ0) is 14.5. The molecule has 0 saturated carbocycles. The largest absolute Gasteiger partial charge is 0.383 e. The molecule has 0 aliphatic rings. The Balaban J connectivity index is 2.46. The van der Waals surface area contributed by atoms with Gasteiger partial charge in [0, 0.05) is 18.5 Å². The fourth-order valence-corrected chi connectivity index (χ4v) is 2.57. The molecule has 20 heavy (non-hydrogen) atoms. The van der Waals surface area contributed by atoms with Gasteiger partial charge >= 0.3 is 0 Å². The van der Waals surface area contributed by atoms with Crippen LogP contribution in [-0.2, 0) is 13.0 Å². The van der Waals surface area contributed by atoms with Crippen LogP contribution in [0.3, 0.4) is 0 Å². The van der Waals surface area contributed by atoms with Gasteiger partial charge in [-0.2, -0.15) is 0 Å². The van der Waals surface area contributed by atoms with Crippen molar-refractivity contribution in [2.75, 3.05) is 5.73 Å². The number of aromatic nitrogens is 2. The molecule has 0 bridgehead atoms. The van der Waals surface area contributed by atoms with Crippen molar-refractivity contribution in [3.63, 3.8) is 0 Å². The van der Waals surface area contributed by atoms with Crippen LogP contribution in [0.2, 0.25) is 5.02 Å². The molecule has 0 radical (unpaired) electrons. The van der Waals surface area contributed by atoms with E-state index in [2.05, 4.69) is 18.4 Å². The van der Waals surface area contributed by atoms with E-state index in [1.54, 1.807) is 0 Å². The summed E-state index contributed by atoms with van der Waals surface area (Å²) < 4.78 is 2.14. The summed E-state index contributed by atoms with van der Waals surface area (Å²) in [4.78, 5) is 4.74. The van der Waals surface area contributed by atoms with Crippen LogP contribution in [0.5, 0.6) is 0 Å². The van der Waals surface area contributed by atoms with Crippen molar-refractivity contribution >= 4 is 17.4 Å². The van der Waals surface area contributed by atoms with Crippen molar-refractivity contribution in [1.82, 2.24) is 9.55 Å². The first kappa shape index (κ1) is 14.9. The topological polar surface area (TPSA) is 43.8 Å². The molecule has 0 saturated heterocycles. The predicted molar refractivity (Wildman–Crippen MR) is 86.0 cm³/mol. The van der Waals surface area contributed by atoms with Gasteiger partial charge in [0.25, 0.3) is 0 Å². The quantitative estimate of drug-likeness (QED) is 0.849.